The maximum absolute atomic E-state index is 12.2. The molecule has 4 nitrogen and oxygen atoms in total. The molecule has 5 heteroatoms. The van der Waals surface area contributed by atoms with Gasteiger partial charge in [-0.05, 0) is 12.1 Å². The monoisotopic (exact) mass is 298 g/mol. The van der Waals surface area contributed by atoms with Gasteiger partial charge in [-0.25, -0.2) is 0 Å². The number of nitrogens with one attached hydrogen (secondary N) is 1. The molecule has 0 saturated heterocycles. The molecule has 104 valence electrons. The molecule has 0 aliphatic heterocycles. The predicted octanol–water partition coefficient (Wildman–Crippen LogP) is 3.90. The van der Waals surface area contributed by atoms with E-state index in [0.29, 0.717) is 21.8 Å². The van der Waals surface area contributed by atoms with Crippen LogP contribution in [0.2, 0.25) is 5.02 Å². The fourth-order valence-corrected chi connectivity index (χ4v) is 2.30. The van der Waals surface area contributed by atoms with Crippen molar-refractivity contribution in [2.75, 3.05) is 5.43 Å². The summed E-state index contributed by atoms with van der Waals surface area (Å²) in [6.07, 6.45) is 1.31. The van der Waals surface area contributed by atoms with Crippen LogP contribution in [0, 0.1) is 0 Å². The van der Waals surface area contributed by atoms with Crippen LogP contribution in [0.25, 0.3) is 5.76 Å². The van der Waals surface area contributed by atoms with Crippen LogP contribution in [-0.2, 0) is 0 Å². The largest absolute Gasteiger partial charge is 0.506 e. The van der Waals surface area contributed by atoms with Gasteiger partial charge in [0.15, 0.2) is 5.78 Å². The first-order valence-electron chi connectivity index (χ1n) is 6.29. The Balaban J connectivity index is 1.83. The van der Waals surface area contributed by atoms with Gasteiger partial charge in [0.05, 0.1) is 22.5 Å². The van der Waals surface area contributed by atoms with E-state index >= 15 is 0 Å². The molecule has 0 bridgehead atoms. The van der Waals surface area contributed by atoms with Gasteiger partial charge in [0.1, 0.15) is 5.76 Å². The van der Waals surface area contributed by atoms with Crippen LogP contribution in [0.1, 0.15) is 15.9 Å². The first kappa shape index (κ1) is 13.4. The highest BCUT2D eigenvalue weighted by atomic mass is 35.5. The average molecular weight is 299 g/mol. The number of allylic oxidation sites excluding steroid dienone is 1. The molecule has 0 saturated carbocycles. The minimum absolute atomic E-state index is 0.0553. The SMILES string of the molecule is O=C1C(/C=N/Nc2ccccc2Cl)=C(O)c2ccccc21. The van der Waals surface area contributed by atoms with Crippen molar-refractivity contribution in [1.82, 2.24) is 0 Å². The Bertz CT molecular complexity index is 781. The second-order valence-electron chi connectivity index (χ2n) is 4.49. The van der Waals surface area contributed by atoms with E-state index in [-0.39, 0.29) is 17.1 Å². The number of benzene rings is 2. The molecular weight excluding hydrogens is 288 g/mol. The first-order chi connectivity index (χ1) is 10.2. The molecule has 0 fully saturated rings. The van der Waals surface area contributed by atoms with Crippen LogP contribution in [-0.4, -0.2) is 17.1 Å². The number of carbonyl (C=O) groups excluding carboxylic acids is 1. The van der Waals surface area contributed by atoms with E-state index in [0.717, 1.165) is 0 Å². The second kappa shape index (κ2) is 5.42. The maximum atomic E-state index is 12.2. The average Bonchev–Trinajstić information content (AvgIpc) is 2.74. The Morgan fingerprint density at radius 3 is 2.43 bits per heavy atom. The summed E-state index contributed by atoms with van der Waals surface area (Å²) >= 11 is 5.99. The van der Waals surface area contributed by atoms with Gasteiger partial charge >= 0.3 is 0 Å². The minimum Gasteiger partial charge on any atom is -0.506 e. The molecule has 0 amide bonds. The molecule has 0 atom stereocenters. The van der Waals surface area contributed by atoms with Crippen LogP contribution in [0.5, 0.6) is 0 Å². The number of hydrogen-bond acceptors (Lipinski definition) is 4. The smallest absolute Gasteiger partial charge is 0.199 e. The fraction of sp³-hybridized carbons (Fsp3) is 0. The van der Waals surface area contributed by atoms with Crippen LogP contribution in [0.15, 0.2) is 59.2 Å². The van der Waals surface area contributed by atoms with Crippen LogP contribution >= 0.6 is 11.6 Å². The normalized spacial score (nSPS) is 13.9. The van der Waals surface area contributed by atoms with Gasteiger partial charge in [-0.2, -0.15) is 5.10 Å². The predicted molar refractivity (Wildman–Crippen MR) is 83.9 cm³/mol. The van der Waals surface area contributed by atoms with E-state index in [1.165, 1.54) is 6.21 Å². The lowest BCUT2D eigenvalue weighted by molar-refractivity contribution is 0.104. The maximum Gasteiger partial charge on any atom is 0.199 e. The van der Waals surface area contributed by atoms with Crippen LogP contribution in [0.4, 0.5) is 5.69 Å². The lowest BCUT2D eigenvalue weighted by atomic mass is 10.1. The molecule has 1 aliphatic rings. The number of fused-ring (bicyclic) bond motifs is 1. The number of hydrogen-bond donors (Lipinski definition) is 2. The Hall–Kier alpha value is -2.59. The molecule has 0 spiro atoms. The third kappa shape index (κ3) is 2.41. The number of carbonyl (C=O) groups is 1. The third-order valence-electron chi connectivity index (χ3n) is 3.18. The number of aliphatic hydroxyl groups is 1. The van der Waals surface area contributed by atoms with Crippen molar-refractivity contribution in [2.45, 2.75) is 0 Å². The van der Waals surface area contributed by atoms with Gasteiger partial charge in [-0.3, -0.25) is 10.2 Å². The van der Waals surface area contributed by atoms with Gasteiger partial charge < -0.3 is 5.11 Å². The number of Topliss-reactive ketones (excluding diaryl/α,β-unsaturated/α-hetero) is 1. The molecule has 21 heavy (non-hydrogen) atoms. The minimum atomic E-state index is -0.243. The zero-order valence-corrected chi connectivity index (χ0v) is 11.6. The highest BCUT2D eigenvalue weighted by Crippen LogP contribution is 2.29. The van der Waals surface area contributed by atoms with E-state index in [1.807, 2.05) is 12.1 Å². The standard InChI is InChI=1S/C16H11ClN2O2/c17-13-7-3-4-8-14(13)19-18-9-12-15(20)10-5-1-2-6-11(10)16(12)21/h1-9,19-20H/b18-9+. The molecule has 1 aliphatic carbocycles. The first-order valence-corrected chi connectivity index (χ1v) is 6.67. The summed E-state index contributed by atoms with van der Waals surface area (Å²) in [6.45, 7) is 0. The van der Waals surface area contributed by atoms with E-state index in [2.05, 4.69) is 10.5 Å². The van der Waals surface area contributed by atoms with E-state index in [9.17, 15) is 9.90 Å². The second-order valence-corrected chi connectivity index (χ2v) is 4.89. The van der Waals surface area contributed by atoms with Crippen LogP contribution < -0.4 is 5.43 Å². The fourth-order valence-electron chi connectivity index (χ4n) is 2.12. The molecule has 2 aromatic carbocycles. The lowest BCUT2D eigenvalue weighted by Gasteiger charge is -2.01. The zero-order chi connectivity index (χ0) is 14.8. The summed E-state index contributed by atoms with van der Waals surface area (Å²) in [4.78, 5) is 12.2. The van der Waals surface area contributed by atoms with Crippen molar-refractivity contribution < 1.29 is 9.90 Å². The molecule has 0 aromatic heterocycles. The van der Waals surface area contributed by atoms with Crippen molar-refractivity contribution in [3.8, 4) is 0 Å². The molecule has 0 heterocycles. The molecule has 0 radical (unpaired) electrons. The van der Waals surface area contributed by atoms with Crippen molar-refractivity contribution in [3.05, 3.63) is 70.3 Å². The van der Waals surface area contributed by atoms with Crippen molar-refractivity contribution in [3.63, 3.8) is 0 Å². The summed E-state index contributed by atoms with van der Waals surface area (Å²) in [5.74, 6) is -0.298. The Morgan fingerprint density at radius 1 is 1.05 bits per heavy atom. The number of para-hydroxylation sites is 1. The number of hydrazone groups is 1. The van der Waals surface area contributed by atoms with Gasteiger partial charge in [0.2, 0.25) is 0 Å². The highest BCUT2D eigenvalue weighted by Gasteiger charge is 2.27. The number of ketones is 1. The number of anilines is 1. The summed E-state index contributed by atoms with van der Waals surface area (Å²) in [7, 11) is 0. The molecule has 0 unspecified atom stereocenters. The topological polar surface area (TPSA) is 61.7 Å². The number of rotatable bonds is 3. The van der Waals surface area contributed by atoms with E-state index in [1.54, 1.807) is 36.4 Å². The molecule has 2 aromatic rings. The summed E-state index contributed by atoms with van der Waals surface area (Å²) in [6, 6.07) is 14.0. The van der Waals surface area contributed by atoms with Gasteiger partial charge in [0, 0.05) is 11.1 Å². The highest BCUT2D eigenvalue weighted by molar-refractivity contribution is 6.33. The van der Waals surface area contributed by atoms with Crippen molar-refractivity contribution in [2.24, 2.45) is 5.10 Å². The van der Waals surface area contributed by atoms with Gasteiger partial charge in [-0.1, -0.05) is 48.0 Å². The van der Waals surface area contributed by atoms with Gasteiger partial charge in [0.25, 0.3) is 0 Å². The zero-order valence-electron chi connectivity index (χ0n) is 10.9. The van der Waals surface area contributed by atoms with E-state index < -0.39 is 0 Å². The van der Waals surface area contributed by atoms with E-state index in [4.69, 9.17) is 11.6 Å². The Morgan fingerprint density at radius 2 is 1.71 bits per heavy atom. The molecule has 2 N–H and O–H groups in total. The quantitative estimate of drug-likeness (QED) is 0.667. The van der Waals surface area contributed by atoms with Crippen LogP contribution in [0.3, 0.4) is 0 Å². The number of nitrogens with zero attached hydrogens (tertiary/aromatic N) is 1. The number of halogens is 1. The Kier molecular flexibility index (Phi) is 3.46. The third-order valence-corrected chi connectivity index (χ3v) is 3.51. The molecule has 3 rings (SSSR count). The van der Waals surface area contributed by atoms with Crippen molar-refractivity contribution >= 4 is 35.0 Å². The summed E-state index contributed by atoms with van der Waals surface area (Å²) in [5, 5.41) is 14.6. The number of aliphatic hydroxyl groups excluding tert-OH is 1. The summed E-state index contributed by atoms with van der Waals surface area (Å²) in [5.41, 5.74) is 4.54. The molecular formula is C16H11ClN2O2. The lowest BCUT2D eigenvalue weighted by Crippen LogP contribution is -2.01. The Labute approximate surface area is 126 Å². The van der Waals surface area contributed by atoms with Gasteiger partial charge in [-0.15, -0.1) is 0 Å². The van der Waals surface area contributed by atoms with Crippen molar-refractivity contribution in [1.29, 1.82) is 0 Å². The summed E-state index contributed by atoms with van der Waals surface area (Å²) < 4.78 is 0.